The Balaban J connectivity index is 3.04. The van der Waals surface area contributed by atoms with Crippen LogP contribution in [0.25, 0.3) is 0 Å². The Labute approximate surface area is 115 Å². The van der Waals surface area contributed by atoms with Crippen molar-refractivity contribution in [3.05, 3.63) is 29.8 Å². The molecule has 0 aliphatic rings. The molecule has 4 nitrogen and oxygen atoms in total. The lowest BCUT2D eigenvalue weighted by Gasteiger charge is -2.33. The minimum atomic E-state index is -3.23. The van der Waals surface area contributed by atoms with Gasteiger partial charge in [-0.2, -0.15) is 0 Å². The molecule has 2 unspecified atom stereocenters. The second-order valence-electron chi connectivity index (χ2n) is 5.94. The van der Waals surface area contributed by atoms with Gasteiger partial charge in [-0.3, -0.25) is 0 Å². The van der Waals surface area contributed by atoms with E-state index in [1.807, 2.05) is 20.8 Å². The quantitative estimate of drug-likeness (QED) is 0.884. The van der Waals surface area contributed by atoms with Gasteiger partial charge in [-0.25, -0.2) is 8.42 Å². The molecule has 0 aliphatic carbocycles. The molecule has 0 saturated carbocycles. The van der Waals surface area contributed by atoms with Crippen molar-refractivity contribution in [3.63, 3.8) is 0 Å². The van der Waals surface area contributed by atoms with Crippen LogP contribution in [-0.2, 0) is 9.84 Å². The van der Waals surface area contributed by atoms with E-state index in [1.165, 1.54) is 12.1 Å². The summed E-state index contributed by atoms with van der Waals surface area (Å²) in [5.41, 5.74) is 0.366. The molecule has 0 aliphatic heterocycles. The monoisotopic (exact) mass is 286 g/mol. The van der Waals surface area contributed by atoms with Gasteiger partial charge in [-0.05, 0) is 23.1 Å². The average Bonchev–Trinajstić information content (AvgIpc) is 2.27. The Morgan fingerprint density at radius 2 is 1.63 bits per heavy atom. The number of aliphatic hydroxyl groups excluding tert-OH is 2. The van der Waals surface area contributed by atoms with Gasteiger partial charge in [0.1, 0.15) is 0 Å². The molecule has 1 aromatic carbocycles. The Morgan fingerprint density at radius 3 is 1.95 bits per heavy atom. The Morgan fingerprint density at radius 1 is 1.16 bits per heavy atom. The van der Waals surface area contributed by atoms with E-state index in [2.05, 4.69) is 0 Å². The van der Waals surface area contributed by atoms with Crippen molar-refractivity contribution in [3.8, 4) is 0 Å². The number of benzene rings is 1. The summed E-state index contributed by atoms with van der Waals surface area (Å²) in [5, 5.41) is 19.7. The first-order valence-corrected chi connectivity index (χ1v) is 8.05. The van der Waals surface area contributed by atoms with Crippen molar-refractivity contribution in [2.24, 2.45) is 11.3 Å². The van der Waals surface area contributed by atoms with Crippen LogP contribution in [0.4, 0.5) is 0 Å². The first kappa shape index (κ1) is 16.1. The van der Waals surface area contributed by atoms with Crippen LogP contribution in [0.3, 0.4) is 0 Å². The molecule has 5 heteroatoms. The van der Waals surface area contributed by atoms with Crippen LogP contribution >= 0.6 is 0 Å². The molecular formula is C14H22O4S. The maximum atomic E-state index is 11.4. The fraction of sp³-hybridized carbons (Fsp3) is 0.571. The second kappa shape index (κ2) is 5.61. The van der Waals surface area contributed by atoms with Crippen molar-refractivity contribution < 1.29 is 18.6 Å². The lowest BCUT2D eigenvalue weighted by atomic mass is 9.76. The molecule has 1 aromatic rings. The highest BCUT2D eigenvalue weighted by atomic mass is 32.2. The zero-order valence-electron chi connectivity index (χ0n) is 11.8. The van der Waals surface area contributed by atoms with Crippen molar-refractivity contribution in [2.45, 2.75) is 31.8 Å². The molecule has 2 N–H and O–H groups in total. The van der Waals surface area contributed by atoms with Crippen LogP contribution in [-0.4, -0.2) is 31.5 Å². The fourth-order valence-electron chi connectivity index (χ4n) is 1.99. The summed E-state index contributed by atoms with van der Waals surface area (Å²) in [6.45, 7) is 5.71. The number of sulfone groups is 1. The third-order valence-electron chi connectivity index (χ3n) is 3.34. The van der Waals surface area contributed by atoms with Crippen molar-refractivity contribution >= 4 is 9.84 Å². The zero-order chi connectivity index (χ0) is 14.8. The normalized spacial score (nSPS) is 16.1. The molecule has 2 atom stereocenters. The summed E-state index contributed by atoms with van der Waals surface area (Å²) in [6.07, 6.45) is 0.322. The smallest absolute Gasteiger partial charge is 0.175 e. The van der Waals surface area contributed by atoms with Crippen LogP contribution < -0.4 is 0 Å². The molecule has 108 valence electrons. The summed E-state index contributed by atoms with van der Waals surface area (Å²) >= 11 is 0. The van der Waals surface area contributed by atoms with E-state index in [1.54, 1.807) is 12.1 Å². The molecule has 0 aromatic heterocycles. The van der Waals surface area contributed by atoms with Gasteiger partial charge < -0.3 is 10.2 Å². The van der Waals surface area contributed by atoms with Crippen LogP contribution in [0, 0.1) is 11.3 Å². The Kier molecular flexibility index (Phi) is 4.76. The summed E-state index contributed by atoms with van der Waals surface area (Å²) < 4.78 is 22.7. The predicted molar refractivity (Wildman–Crippen MR) is 74.5 cm³/mol. The van der Waals surface area contributed by atoms with Crippen LogP contribution in [0.1, 0.15) is 32.4 Å². The predicted octanol–water partition coefficient (Wildman–Crippen LogP) is 1.78. The van der Waals surface area contributed by atoms with E-state index in [9.17, 15) is 18.6 Å². The average molecular weight is 286 g/mol. The highest BCUT2D eigenvalue weighted by molar-refractivity contribution is 7.90. The second-order valence-corrected chi connectivity index (χ2v) is 7.96. The molecule has 1 rings (SSSR count). The van der Waals surface area contributed by atoms with Crippen molar-refractivity contribution in [1.82, 2.24) is 0 Å². The molecule has 0 amide bonds. The molecular weight excluding hydrogens is 264 g/mol. The molecule has 0 fully saturated rings. The number of hydrogen-bond donors (Lipinski definition) is 2. The van der Waals surface area contributed by atoms with E-state index < -0.39 is 15.9 Å². The van der Waals surface area contributed by atoms with Crippen LogP contribution in [0.2, 0.25) is 0 Å². The number of rotatable bonds is 4. The lowest BCUT2D eigenvalue weighted by molar-refractivity contribution is 0.00418. The van der Waals surface area contributed by atoms with Crippen LogP contribution in [0.5, 0.6) is 0 Å². The third-order valence-corrected chi connectivity index (χ3v) is 4.47. The van der Waals surface area contributed by atoms with Crippen molar-refractivity contribution in [1.29, 1.82) is 0 Å². The Hall–Kier alpha value is -0.910. The molecule has 19 heavy (non-hydrogen) atoms. The summed E-state index contributed by atoms with van der Waals surface area (Å²) in [5.74, 6) is -0.309. The molecule has 0 radical (unpaired) electrons. The first-order chi connectivity index (χ1) is 8.57. The third kappa shape index (κ3) is 4.03. The SMILES string of the molecule is CC(C)(C)C(CO)C(O)c1ccc(S(C)(=O)=O)cc1. The van der Waals surface area contributed by atoms with Gasteiger partial charge in [0.15, 0.2) is 9.84 Å². The van der Waals surface area contributed by atoms with E-state index in [-0.39, 0.29) is 22.8 Å². The van der Waals surface area contributed by atoms with Gasteiger partial charge in [-0.1, -0.05) is 32.9 Å². The first-order valence-electron chi connectivity index (χ1n) is 6.16. The van der Waals surface area contributed by atoms with Gasteiger partial charge >= 0.3 is 0 Å². The summed E-state index contributed by atoms with van der Waals surface area (Å²) in [4.78, 5) is 0.222. The van der Waals surface area contributed by atoms with Crippen molar-refractivity contribution in [2.75, 3.05) is 12.9 Å². The van der Waals surface area contributed by atoms with E-state index in [4.69, 9.17) is 0 Å². The number of hydrogen-bond acceptors (Lipinski definition) is 4. The number of aliphatic hydroxyl groups is 2. The van der Waals surface area contributed by atoms with Gasteiger partial charge in [0.25, 0.3) is 0 Å². The minimum Gasteiger partial charge on any atom is -0.396 e. The lowest BCUT2D eigenvalue weighted by Crippen LogP contribution is -2.30. The largest absolute Gasteiger partial charge is 0.396 e. The van der Waals surface area contributed by atoms with E-state index >= 15 is 0 Å². The minimum absolute atomic E-state index is 0.126. The molecule has 0 spiro atoms. The highest BCUT2D eigenvalue weighted by Crippen LogP contribution is 2.36. The topological polar surface area (TPSA) is 74.6 Å². The molecule has 0 saturated heterocycles. The van der Waals surface area contributed by atoms with Crippen LogP contribution in [0.15, 0.2) is 29.2 Å². The zero-order valence-corrected chi connectivity index (χ0v) is 12.6. The van der Waals surface area contributed by atoms with Gasteiger partial charge in [-0.15, -0.1) is 0 Å². The maximum Gasteiger partial charge on any atom is 0.175 e. The highest BCUT2D eigenvalue weighted by Gasteiger charge is 2.31. The van der Waals surface area contributed by atoms with Gasteiger partial charge in [0.05, 0.1) is 11.0 Å². The molecule has 0 bridgehead atoms. The molecule has 0 heterocycles. The van der Waals surface area contributed by atoms with Gasteiger partial charge in [0.2, 0.25) is 0 Å². The standard InChI is InChI=1S/C14H22O4S/c1-14(2,3)12(9-15)13(16)10-5-7-11(8-6-10)19(4,17)18/h5-8,12-13,15-16H,9H2,1-4H3. The van der Waals surface area contributed by atoms with Gasteiger partial charge in [0, 0.05) is 18.8 Å². The fourth-order valence-corrected chi connectivity index (χ4v) is 2.62. The Bertz CT molecular complexity index is 511. The summed E-state index contributed by atoms with van der Waals surface area (Å²) in [6, 6.07) is 6.14. The van der Waals surface area contributed by atoms with E-state index in [0.717, 1.165) is 6.26 Å². The maximum absolute atomic E-state index is 11.4. The van der Waals surface area contributed by atoms with E-state index in [0.29, 0.717) is 5.56 Å². The summed E-state index contributed by atoms with van der Waals surface area (Å²) in [7, 11) is -3.23.